The third kappa shape index (κ3) is 5.08. The first-order valence-electron chi connectivity index (χ1n) is 10.0. The van der Waals surface area contributed by atoms with E-state index in [9.17, 15) is 9.59 Å². The van der Waals surface area contributed by atoms with E-state index >= 15 is 0 Å². The van der Waals surface area contributed by atoms with Gasteiger partial charge in [-0.15, -0.1) is 22.7 Å². The summed E-state index contributed by atoms with van der Waals surface area (Å²) in [6.45, 7) is 0. The molecule has 2 heterocycles. The quantitative estimate of drug-likeness (QED) is 0.354. The van der Waals surface area contributed by atoms with Crippen LogP contribution in [-0.2, 0) is 5.75 Å². The van der Waals surface area contributed by atoms with Gasteiger partial charge in [0.25, 0.3) is 0 Å². The van der Waals surface area contributed by atoms with Crippen LogP contribution in [0.5, 0.6) is 0 Å². The minimum Gasteiger partial charge on any atom is -0.293 e. The summed E-state index contributed by atoms with van der Waals surface area (Å²) in [5.41, 5.74) is 1.29. The summed E-state index contributed by atoms with van der Waals surface area (Å²) in [5.74, 6) is 1.36. The van der Waals surface area contributed by atoms with E-state index in [-0.39, 0.29) is 28.7 Å². The van der Waals surface area contributed by atoms with Gasteiger partial charge in [0.2, 0.25) is 0 Å². The maximum absolute atomic E-state index is 13.4. The van der Waals surface area contributed by atoms with Gasteiger partial charge in [-0.3, -0.25) is 9.59 Å². The molecule has 0 bridgehead atoms. The first-order valence-corrected chi connectivity index (χ1v) is 12.8. The number of rotatable bonds is 8. The SMILES string of the molecule is O=C(C[C@H]1CCC[C@@H](SCc2ccccc2)[C@@H]1C(=O)c1cccs1)c1cccs1. The molecule has 0 aliphatic heterocycles. The van der Waals surface area contributed by atoms with E-state index in [1.165, 1.54) is 28.2 Å². The van der Waals surface area contributed by atoms with Crippen LogP contribution in [0.3, 0.4) is 0 Å². The summed E-state index contributed by atoms with van der Waals surface area (Å²) in [6.07, 6.45) is 3.57. The molecular weight excluding hydrogens is 416 g/mol. The Bertz CT molecular complexity index is 916. The molecule has 1 fully saturated rings. The van der Waals surface area contributed by atoms with Crippen LogP contribution in [-0.4, -0.2) is 16.8 Å². The summed E-state index contributed by atoms with van der Waals surface area (Å²) in [4.78, 5) is 27.9. The maximum Gasteiger partial charge on any atom is 0.177 e. The van der Waals surface area contributed by atoms with Crippen molar-refractivity contribution in [2.75, 3.05) is 0 Å². The fourth-order valence-corrected chi connectivity index (χ4v) is 7.05. The van der Waals surface area contributed by atoms with Gasteiger partial charge in [0.1, 0.15) is 0 Å². The second-order valence-electron chi connectivity index (χ2n) is 7.50. The van der Waals surface area contributed by atoms with Gasteiger partial charge in [0, 0.05) is 23.3 Å². The predicted molar refractivity (Wildman–Crippen MR) is 124 cm³/mol. The van der Waals surface area contributed by atoms with E-state index in [2.05, 4.69) is 24.3 Å². The lowest BCUT2D eigenvalue weighted by Gasteiger charge is -2.36. The summed E-state index contributed by atoms with van der Waals surface area (Å²) in [7, 11) is 0. The van der Waals surface area contributed by atoms with Crippen LogP contribution < -0.4 is 0 Å². The van der Waals surface area contributed by atoms with Gasteiger partial charge in [-0.05, 0) is 47.2 Å². The molecule has 5 heteroatoms. The van der Waals surface area contributed by atoms with Gasteiger partial charge in [-0.2, -0.15) is 11.8 Å². The van der Waals surface area contributed by atoms with Crippen molar-refractivity contribution in [3.05, 3.63) is 80.7 Å². The average Bonchev–Trinajstić information content (AvgIpc) is 3.47. The zero-order valence-corrected chi connectivity index (χ0v) is 18.6. The Hall–Kier alpha value is -1.69. The van der Waals surface area contributed by atoms with Crippen LogP contribution in [0.4, 0.5) is 0 Å². The fourth-order valence-electron chi connectivity index (χ4n) is 4.18. The van der Waals surface area contributed by atoms with E-state index in [0.717, 1.165) is 34.8 Å². The van der Waals surface area contributed by atoms with Crippen molar-refractivity contribution in [1.29, 1.82) is 0 Å². The first kappa shape index (κ1) is 20.6. The monoisotopic (exact) mass is 440 g/mol. The highest BCUT2D eigenvalue weighted by atomic mass is 32.2. The maximum atomic E-state index is 13.4. The van der Waals surface area contributed by atoms with Crippen LogP contribution >= 0.6 is 34.4 Å². The lowest BCUT2D eigenvalue weighted by atomic mass is 9.74. The van der Waals surface area contributed by atoms with Crippen molar-refractivity contribution in [3.63, 3.8) is 0 Å². The zero-order valence-electron chi connectivity index (χ0n) is 16.2. The number of ketones is 2. The van der Waals surface area contributed by atoms with Crippen molar-refractivity contribution in [1.82, 2.24) is 0 Å². The number of thioether (sulfide) groups is 1. The van der Waals surface area contributed by atoms with Crippen LogP contribution in [0.1, 0.15) is 50.6 Å². The molecule has 0 saturated heterocycles. The third-order valence-electron chi connectivity index (χ3n) is 5.59. The highest BCUT2D eigenvalue weighted by molar-refractivity contribution is 7.99. The smallest absolute Gasteiger partial charge is 0.177 e. The van der Waals surface area contributed by atoms with E-state index < -0.39 is 0 Å². The number of benzene rings is 1. The lowest BCUT2D eigenvalue weighted by molar-refractivity contribution is 0.0798. The Morgan fingerprint density at radius 2 is 1.62 bits per heavy atom. The molecule has 3 aromatic rings. The third-order valence-corrected chi connectivity index (χ3v) is 8.84. The molecule has 4 rings (SSSR count). The largest absolute Gasteiger partial charge is 0.293 e. The molecule has 1 aliphatic carbocycles. The van der Waals surface area contributed by atoms with E-state index in [4.69, 9.17) is 0 Å². The molecule has 0 N–H and O–H groups in total. The molecule has 1 saturated carbocycles. The molecule has 2 aromatic heterocycles. The highest BCUT2D eigenvalue weighted by Gasteiger charge is 2.40. The summed E-state index contributed by atoms with van der Waals surface area (Å²) in [5, 5.41) is 4.18. The fraction of sp³-hybridized carbons (Fsp3) is 0.333. The number of carbonyl (C=O) groups excluding carboxylic acids is 2. The van der Waals surface area contributed by atoms with Crippen molar-refractivity contribution in [3.8, 4) is 0 Å². The molecule has 150 valence electrons. The van der Waals surface area contributed by atoms with Crippen molar-refractivity contribution in [2.24, 2.45) is 11.8 Å². The number of hydrogen-bond donors (Lipinski definition) is 0. The second-order valence-corrected chi connectivity index (χ2v) is 10.6. The molecule has 2 nitrogen and oxygen atoms in total. The summed E-state index contributed by atoms with van der Waals surface area (Å²) >= 11 is 4.90. The lowest BCUT2D eigenvalue weighted by Crippen LogP contribution is -2.37. The average molecular weight is 441 g/mol. The summed E-state index contributed by atoms with van der Waals surface area (Å²) in [6, 6.07) is 18.1. The number of hydrogen-bond acceptors (Lipinski definition) is 5. The van der Waals surface area contributed by atoms with Crippen molar-refractivity contribution >= 4 is 46.0 Å². The van der Waals surface area contributed by atoms with Gasteiger partial charge < -0.3 is 0 Å². The molecule has 0 unspecified atom stereocenters. The summed E-state index contributed by atoms with van der Waals surface area (Å²) < 4.78 is 0. The number of thiophene rings is 2. The van der Waals surface area contributed by atoms with E-state index in [1.54, 1.807) is 0 Å². The molecule has 3 atom stereocenters. The van der Waals surface area contributed by atoms with Crippen LogP contribution in [0.15, 0.2) is 65.4 Å². The standard InChI is InChI=1S/C24H24O2S3/c25-19(20-11-5-13-27-20)15-18-9-4-10-21(29-16-17-7-2-1-3-8-17)23(18)24(26)22-12-6-14-28-22/h1-3,5-8,11-14,18,21,23H,4,9-10,15-16H2/t18-,21-,23-/m1/s1. The van der Waals surface area contributed by atoms with Crippen molar-refractivity contribution < 1.29 is 9.59 Å². The molecule has 0 amide bonds. The van der Waals surface area contributed by atoms with E-state index in [1.807, 2.05) is 52.9 Å². The normalized spacial score (nSPS) is 21.7. The zero-order chi connectivity index (χ0) is 20.1. The van der Waals surface area contributed by atoms with Gasteiger partial charge in [-0.25, -0.2) is 0 Å². The molecule has 0 radical (unpaired) electrons. The topological polar surface area (TPSA) is 34.1 Å². The Morgan fingerprint density at radius 1 is 0.897 bits per heavy atom. The van der Waals surface area contributed by atoms with Gasteiger partial charge >= 0.3 is 0 Å². The van der Waals surface area contributed by atoms with Crippen molar-refractivity contribution in [2.45, 2.75) is 36.7 Å². The molecule has 1 aliphatic rings. The minimum absolute atomic E-state index is 0.0833. The molecule has 29 heavy (non-hydrogen) atoms. The minimum atomic E-state index is -0.0833. The molecule has 1 aromatic carbocycles. The van der Waals surface area contributed by atoms with Gasteiger partial charge in [-0.1, -0.05) is 48.9 Å². The number of carbonyl (C=O) groups is 2. The van der Waals surface area contributed by atoms with Crippen LogP contribution in [0, 0.1) is 11.8 Å². The second kappa shape index (κ2) is 9.88. The van der Waals surface area contributed by atoms with Crippen LogP contribution in [0.2, 0.25) is 0 Å². The Labute approximate surface area is 184 Å². The van der Waals surface area contributed by atoms with Gasteiger partial charge in [0.15, 0.2) is 11.6 Å². The van der Waals surface area contributed by atoms with Crippen LogP contribution in [0.25, 0.3) is 0 Å². The number of Topliss-reactive ketones (excluding diaryl/α,β-unsaturated/α-hetero) is 2. The predicted octanol–water partition coefficient (Wildman–Crippen LogP) is 6.98. The highest BCUT2D eigenvalue weighted by Crippen LogP contribution is 2.43. The Kier molecular flexibility index (Phi) is 7.01. The Balaban J connectivity index is 1.54. The van der Waals surface area contributed by atoms with E-state index in [0.29, 0.717) is 6.42 Å². The molecular formula is C24H24O2S3. The molecule has 0 spiro atoms. The Morgan fingerprint density at radius 3 is 2.31 bits per heavy atom. The van der Waals surface area contributed by atoms with Gasteiger partial charge in [0.05, 0.1) is 9.75 Å². The first-order chi connectivity index (χ1) is 14.2.